The lowest BCUT2D eigenvalue weighted by Gasteiger charge is -2.16. The van der Waals surface area contributed by atoms with Crippen molar-refractivity contribution in [2.45, 2.75) is 0 Å². The number of nitriles is 2. The summed E-state index contributed by atoms with van der Waals surface area (Å²) in [5, 5.41) is 27.3. The molecule has 5 heteroatoms. The molecule has 0 N–H and O–H groups in total. The summed E-state index contributed by atoms with van der Waals surface area (Å²) >= 11 is 0. The van der Waals surface area contributed by atoms with Gasteiger partial charge in [-0.1, -0.05) is 109 Å². The Balaban J connectivity index is 1.20. The Bertz CT molecular complexity index is 3420. The zero-order chi connectivity index (χ0) is 36.6. The fourth-order valence-electron chi connectivity index (χ4n) is 8.85. The molecule has 55 heavy (non-hydrogen) atoms. The average molecular weight is 700 g/mol. The molecule has 5 nitrogen and oxygen atoms in total. The monoisotopic (exact) mass is 699 g/mol. The highest BCUT2D eigenvalue weighted by Gasteiger charge is 2.22. The van der Waals surface area contributed by atoms with Gasteiger partial charge >= 0.3 is 0 Å². The fourth-order valence-corrected chi connectivity index (χ4v) is 8.85. The third-order valence-electron chi connectivity index (χ3n) is 11.1. The second-order valence-corrected chi connectivity index (χ2v) is 14.0. The molecule has 0 fully saturated rings. The lowest BCUT2D eigenvalue weighted by Crippen LogP contribution is -2.00. The Hall–Kier alpha value is -7.86. The van der Waals surface area contributed by atoms with Crippen LogP contribution < -0.4 is 0 Å². The number of aromatic nitrogens is 3. The van der Waals surface area contributed by atoms with E-state index in [1.807, 2.05) is 36.4 Å². The Labute approximate surface area is 316 Å². The van der Waals surface area contributed by atoms with E-state index in [0.717, 1.165) is 82.8 Å². The Morgan fingerprint density at radius 2 is 0.927 bits per heavy atom. The summed E-state index contributed by atoms with van der Waals surface area (Å²) in [6.45, 7) is 0. The van der Waals surface area contributed by atoms with Crippen molar-refractivity contribution < 1.29 is 0 Å². The van der Waals surface area contributed by atoms with E-state index in [0.29, 0.717) is 11.1 Å². The van der Waals surface area contributed by atoms with E-state index in [1.165, 1.54) is 10.8 Å². The number of para-hydroxylation sites is 5. The van der Waals surface area contributed by atoms with Gasteiger partial charge in [0.25, 0.3) is 0 Å². The maximum absolute atomic E-state index is 10.2. The van der Waals surface area contributed by atoms with Crippen molar-refractivity contribution in [3.8, 4) is 40.3 Å². The van der Waals surface area contributed by atoms with Crippen LogP contribution in [-0.2, 0) is 0 Å². The lowest BCUT2D eigenvalue weighted by atomic mass is 10.0. The van der Waals surface area contributed by atoms with Crippen molar-refractivity contribution in [2.24, 2.45) is 0 Å². The standard InChI is InChI=1S/C50H29N5/c51-30-32-26-27-36(33-12-9-14-35(29-33)53-42-20-5-3-17-39(42)40-19-10-13-34(31-52)50(40)53)48(28-32)55-45-23-8-4-18-41(45)49-46(24-11-25-47(49)55)54-43-21-6-1-15-37(43)38-16-2-7-22-44(38)54/h1-29H. The summed E-state index contributed by atoms with van der Waals surface area (Å²) in [5.74, 6) is 0. The van der Waals surface area contributed by atoms with Crippen LogP contribution in [0.3, 0.4) is 0 Å². The highest BCUT2D eigenvalue weighted by Crippen LogP contribution is 2.42. The molecule has 3 heterocycles. The first-order valence-electron chi connectivity index (χ1n) is 18.3. The van der Waals surface area contributed by atoms with Crippen molar-refractivity contribution in [3.63, 3.8) is 0 Å². The molecular formula is C50H29N5. The number of hydrogen-bond acceptors (Lipinski definition) is 2. The molecule has 0 saturated heterocycles. The number of nitrogens with zero attached hydrogens (tertiary/aromatic N) is 5. The zero-order valence-electron chi connectivity index (χ0n) is 29.5. The first-order chi connectivity index (χ1) is 27.2. The molecule has 0 radical (unpaired) electrons. The summed E-state index contributed by atoms with van der Waals surface area (Å²) in [6, 6.07) is 65.9. The predicted molar refractivity (Wildman–Crippen MR) is 224 cm³/mol. The number of fused-ring (bicyclic) bond motifs is 9. The lowest BCUT2D eigenvalue weighted by molar-refractivity contribution is 1.16. The van der Waals surface area contributed by atoms with E-state index >= 15 is 0 Å². The molecule has 11 aromatic rings. The van der Waals surface area contributed by atoms with E-state index in [1.54, 1.807) is 0 Å². The molecule has 3 aromatic heterocycles. The van der Waals surface area contributed by atoms with Gasteiger partial charge in [-0.2, -0.15) is 10.5 Å². The van der Waals surface area contributed by atoms with Crippen LogP contribution in [0.2, 0.25) is 0 Å². The van der Waals surface area contributed by atoms with E-state index in [-0.39, 0.29) is 0 Å². The smallest absolute Gasteiger partial charge is 0.101 e. The van der Waals surface area contributed by atoms with Gasteiger partial charge in [0.1, 0.15) is 6.07 Å². The topological polar surface area (TPSA) is 62.4 Å². The summed E-state index contributed by atoms with van der Waals surface area (Å²) in [5.41, 5.74) is 12.5. The normalized spacial score (nSPS) is 11.6. The van der Waals surface area contributed by atoms with E-state index in [9.17, 15) is 10.5 Å². The minimum atomic E-state index is 0.584. The molecule has 0 aliphatic rings. The van der Waals surface area contributed by atoms with Crippen LogP contribution in [-0.4, -0.2) is 13.7 Å². The molecule has 0 bridgehead atoms. The Morgan fingerprint density at radius 3 is 1.62 bits per heavy atom. The average Bonchev–Trinajstić information content (AvgIpc) is 3.89. The van der Waals surface area contributed by atoms with E-state index in [4.69, 9.17) is 0 Å². The van der Waals surface area contributed by atoms with Crippen LogP contribution in [0.4, 0.5) is 0 Å². The van der Waals surface area contributed by atoms with Gasteiger partial charge in [-0.25, -0.2) is 0 Å². The molecule has 0 amide bonds. The molecule has 254 valence electrons. The maximum Gasteiger partial charge on any atom is 0.101 e. The maximum atomic E-state index is 10.2. The molecule has 0 saturated carbocycles. The molecule has 0 aliphatic carbocycles. The van der Waals surface area contributed by atoms with Crippen molar-refractivity contribution in [1.29, 1.82) is 10.5 Å². The fraction of sp³-hybridized carbons (Fsp3) is 0. The Morgan fingerprint density at radius 1 is 0.382 bits per heavy atom. The van der Waals surface area contributed by atoms with E-state index in [2.05, 4.69) is 165 Å². The molecule has 8 aromatic carbocycles. The summed E-state index contributed by atoms with van der Waals surface area (Å²) < 4.78 is 6.91. The number of benzene rings is 8. The van der Waals surface area contributed by atoms with Crippen molar-refractivity contribution in [3.05, 3.63) is 187 Å². The third-order valence-corrected chi connectivity index (χ3v) is 11.1. The predicted octanol–water partition coefficient (Wildman–Crippen LogP) is 12.4. The second-order valence-electron chi connectivity index (χ2n) is 14.0. The quantitative estimate of drug-likeness (QED) is 0.184. The van der Waals surface area contributed by atoms with E-state index < -0.39 is 0 Å². The summed E-state index contributed by atoms with van der Waals surface area (Å²) in [4.78, 5) is 0. The highest BCUT2D eigenvalue weighted by atomic mass is 15.0. The van der Waals surface area contributed by atoms with Gasteiger partial charge < -0.3 is 13.7 Å². The molecule has 0 aliphatic heterocycles. The van der Waals surface area contributed by atoms with Crippen molar-refractivity contribution in [1.82, 2.24) is 13.7 Å². The zero-order valence-corrected chi connectivity index (χ0v) is 29.5. The van der Waals surface area contributed by atoms with Crippen LogP contribution >= 0.6 is 0 Å². The van der Waals surface area contributed by atoms with Crippen LogP contribution in [0.15, 0.2) is 176 Å². The first-order valence-corrected chi connectivity index (χ1v) is 18.3. The van der Waals surface area contributed by atoms with Gasteiger partial charge in [0.15, 0.2) is 0 Å². The number of rotatable bonds is 4. The van der Waals surface area contributed by atoms with Gasteiger partial charge in [-0.15, -0.1) is 0 Å². The summed E-state index contributed by atoms with van der Waals surface area (Å²) in [6.07, 6.45) is 0. The van der Waals surface area contributed by atoms with Crippen LogP contribution in [0.1, 0.15) is 11.1 Å². The van der Waals surface area contributed by atoms with Crippen LogP contribution in [0.25, 0.3) is 93.6 Å². The number of hydrogen-bond donors (Lipinski definition) is 0. The SMILES string of the molecule is N#Cc1ccc(-c2cccc(-n3c4ccccc4c4cccc(C#N)c43)c2)c(-n2c3ccccc3c3c(-n4c5ccccc5c5ccccc54)cccc32)c1. The van der Waals surface area contributed by atoms with Gasteiger partial charge in [0.05, 0.1) is 61.7 Å². The summed E-state index contributed by atoms with van der Waals surface area (Å²) in [7, 11) is 0. The first kappa shape index (κ1) is 30.7. The van der Waals surface area contributed by atoms with Crippen LogP contribution in [0.5, 0.6) is 0 Å². The van der Waals surface area contributed by atoms with Crippen molar-refractivity contribution in [2.75, 3.05) is 0 Å². The molecular weight excluding hydrogens is 671 g/mol. The minimum Gasteiger partial charge on any atom is -0.309 e. The Kier molecular flexibility index (Phi) is 6.61. The third kappa shape index (κ3) is 4.39. The largest absolute Gasteiger partial charge is 0.309 e. The van der Waals surface area contributed by atoms with Crippen LogP contribution in [0, 0.1) is 22.7 Å². The molecule has 0 spiro atoms. The second kappa shape index (κ2) is 11.8. The van der Waals surface area contributed by atoms with Gasteiger partial charge in [-0.05, 0) is 72.3 Å². The molecule has 11 rings (SSSR count). The van der Waals surface area contributed by atoms with Gasteiger partial charge in [0, 0.05) is 43.6 Å². The minimum absolute atomic E-state index is 0.584. The van der Waals surface area contributed by atoms with Gasteiger partial charge in [-0.3, -0.25) is 0 Å². The molecule has 0 unspecified atom stereocenters. The highest BCUT2D eigenvalue weighted by molar-refractivity contribution is 6.17. The van der Waals surface area contributed by atoms with Crippen molar-refractivity contribution >= 4 is 65.4 Å². The molecule has 0 atom stereocenters. The van der Waals surface area contributed by atoms with Gasteiger partial charge in [0.2, 0.25) is 0 Å².